The predicted molar refractivity (Wildman–Crippen MR) is 139 cm³/mol. The summed E-state index contributed by atoms with van der Waals surface area (Å²) >= 11 is 0. The molecule has 7 heteroatoms. The lowest BCUT2D eigenvalue weighted by atomic mass is 10.2. The average Bonchev–Trinajstić information content (AvgIpc) is 3.33. The Bertz CT molecular complexity index is 814. The summed E-state index contributed by atoms with van der Waals surface area (Å²) in [5, 5.41) is 3.49. The van der Waals surface area contributed by atoms with E-state index in [1.54, 1.807) is 0 Å². The maximum Gasteiger partial charge on any atom is 0.194 e. The number of halogens is 1. The van der Waals surface area contributed by atoms with Crippen molar-refractivity contribution in [3.8, 4) is 0 Å². The van der Waals surface area contributed by atoms with Gasteiger partial charge in [0.05, 0.1) is 6.54 Å². The van der Waals surface area contributed by atoms with Crippen LogP contribution >= 0.6 is 24.0 Å². The smallest absolute Gasteiger partial charge is 0.194 e. The van der Waals surface area contributed by atoms with Gasteiger partial charge in [-0.15, -0.1) is 24.0 Å². The second-order valence-electron chi connectivity index (χ2n) is 8.14. The van der Waals surface area contributed by atoms with E-state index in [4.69, 9.17) is 4.99 Å². The molecule has 1 aromatic carbocycles. The summed E-state index contributed by atoms with van der Waals surface area (Å²) in [5.74, 6) is 2.12. The molecule has 168 valence electrons. The van der Waals surface area contributed by atoms with Gasteiger partial charge in [-0.3, -0.25) is 4.90 Å². The van der Waals surface area contributed by atoms with Gasteiger partial charge in [0.2, 0.25) is 0 Å². The van der Waals surface area contributed by atoms with Gasteiger partial charge in [0.25, 0.3) is 0 Å². The van der Waals surface area contributed by atoms with Crippen LogP contribution in [0.4, 0.5) is 5.82 Å². The SMILES string of the molecule is CCNC(=NCc1ccnc(N2CCCC2)c1)N1CCN(Cc2ccccc2)CC1.I. The fourth-order valence-electron chi connectivity index (χ4n) is 4.23. The van der Waals surface area contributed by atoms with Crippen LogP contribution in [0.15, 0.2) is 53.7 Å². The van der Waals surface area contributed by atoms with Crippen LogP contribution < -0.4 is 10.2 Å². The Morgan fingerprint density at radius 1 is 0.968 bits per heavy atom. The number of aliphatic imine (C=N–C) groups is 1. The molecule has 0 atom stereocenters. The number of guanidine groups is 1. The van der Waals surface area contributed by atoms with E-state index < -0.39 is 0 Å². The maximum atomic E-state index is 4.95. The lowest BCUT2D eigenvalue weighted by Gasteiger charge is -2.36. The first kappa shape index (κ1) is 23.8. The zero-order valence-corrected chi connectivity index (χ0v) is 20.9. The number of nitrogens with one attached hydrogen (secondary N) is 1. The zero-order chi connectivity index (χ0) is 20.6. The van der Waals surface area contributed by atoms with E-state index in [-0.39, 0.29) is 24.0 Å². The third-order valence-corrected chi connectivity index (χ3v) is 5.91. The molecular formula is C24H35IN6. The van der Waals surface area contributed by atoms with Gasteiger partial charge in [-0.25, -0.2) is 9.98 Å². The lowest BCUT2D eigenvalue weighted by Crippen LogP contribution is -2.52. The number of piperazine rings is 1. The normalized spacial score (nSPS) is 17.5. The fourth-order valence-corrected chi connectivity index (χ4v) is 4.23. The molecule has 31 heavy (non-hydrogen) atoms. The van der Waals surface area contributed by atoms with E-state index in [1.165, 1.54) is 24.0 Å². The van der Waals surface area contributed by atoms with Crippen LogP contribution in [0, 0.1) is 0 Å². The van der Waals surface area contributed by atoms with Crippen molar-refractivity contribution < 1.29 is 0 Å². The monoisotopic (exact) mass is 534 g/mol. The van der Waals surface area contributed by atoms with E-state index >= 15 is 0 Å². The second kappa shape index (κ2) is 12.2. The lowest BCUT2D eigenvalue weighted by molar-refractivity contribution is 0.172. The molecule has 0 bridgehead atoms. The molecule has 2 aliphatic rings. The Morgan fingerprint density at radius 3 is 2.42 bits per heavy atom. The maximum absolute atomic E-state index is 4.95. The highest BCUT2D eigenvalue weighted by molar-refractivity contribution is 14.0. The molecule has 2 saturated heterocycles. The summed E-state index contributed by atoms with van der Waals surface area (Å²) in [4.78, 5) is 16.8. The summed E-state index contributed by atoms with van der Waals surface area (Å²) in [6.45, 7) is 11.1. The summed E-state index contributed by atoms with van der Waals surface area (Å²) in [6, 6.07) is 15.0. The third kappa shape index (κ3) is 6.80. The average molecular weight is 534 g/mol. The highest BCUT2D eigenvalue weighted by atomic mass is 127. The minimum Gasteiger partial charge on any atom is -0.357 e. The van der Waals surface area contributed by atoms with Crippen molar-refractivity contribution in [2.24, 2.45) is 4.99 Å². The van der Waals surface area contributed by atoms with Crippen molar-refractivity contribution in [1.82, 2.24) is 20.1 Å². The van der Waals surface area contributed by atoms with E-state index in [2.05, 4.69) is 74.4 Å². The van der Waals surface area contributed by atoms with Crippen molar-refractivity contribution >= 4 is 35.8 Å². The minimum absolute atomic E-state index is 0. The molecule has 0 saturated carbocycles. The highest BCUT2D eigenvalue weighted by Crippen LogP contribution is 2.19. The predicted octanol–water partition coefficient (Wildman–Crippen LogP) is 3.58. The first-order valence-corrected chi connectivity index (χ1v) is 11.3. The van der Waals surface area contributed by atoms with Crippen molar-refractivity contribution in [3.05, 3.63) is 59.8 Å². The van der Waals surface area contributed by atoms with Crippen LogP contribution in [0.25, 0.3) is 0 Å². The van der Waals surface area contributed by atoms with Crippen LogP contribution in [-0.4, -0.2) is 66.6 Å². The van der Waals surface area contributed by atoms with Gasteiger partial charge in [-0.05, 0) is 43.0 Å². The Hall–Kier alpha value is -1.87. The standard InChI is InChI=1S/C24H34N6.HI/c1-2-25-24(27-19-22-10-11-26-23(18-22)29-12-6-7-13-29)30-16-14-28(15-17-30)20-21-8-4-3-5-9-21;/h3-5,8-11,18H,2,6-7,12-17,19-20H2,1H3,(H,25,27);1H. The molecule has 4 rings (SSSR count). The molecule has 6 nitrogen and oxygen atoms in total. The number of rotatable bonds is 6. The van der Waals surface area contributed by atoms with E-state index in [9.17, 15) is 0 Å². The third-order valence-electron chi connectivity index (χ3n) is 5.91. The Kier molecular flexibility index (Phi) is 9.39. The van der Waals surface area contributed by atoms with Gasteiger partial charge in [0.1, 0.15) is 5.82 Å². The highest BCUT2D eigenvalue weighted by Gasteiger charge is 2.20. The molecule has 3 heterocycles. The molecule has 2 aliphatic heterocycles. The van der Waals surface area contributed by atoms with Gasteiger partial charge in [0.15, 0.2) is 5.96 Å². The molecule has 1 aromatic heterocycles. The number of hydrogen-bond acceptors (Lipinski definition) is 4. The number of pyridine rings is 1. The number of nitrogens with zero attached hydrogens (tertiary/aromatic N) is 5. The number of aromatic nitrogens is 1. The van der Waals surface area contributed by atoms with Crippen molar-refractivity contribution in [1.29, 1.82) is 0 Å². The first-order chi connectivity index (χ1) is 14.8. The van der Waals surface area contributed by atoms with Gasteiger partial charge >= 0.3 is 0 Å². The molecule has 0 radical (unpaired) electrons. The van der Waals surface area contributed by atoms with Gasteiger partial charge in [-0.2, -0.15) is 0 Å². The van der Waals surface area contributed by atoms with Crippen molar-refractivity contribution in [2.45, 2.75) is 32.9 Å². The summed E-state index contributed by atoms with van der Waals surface area (Å²) < 4.78 is 0. The number of hydrogen-bond donors (Lipinski definition) is 1. The summed E-state index contributed by atoms with van der Waals surface area (Å²) in [5.41, 5.74) is 2.61. The van der Waals surface area contributed by atoms with Gasteiger partial charge < -0.3 is 15.1 Å². The van der Waals surface area contributed by atoms with E-state index in [0.29, 0.717) is 6.54 Å². The molecular weight excluding hydrogens is 499 g/mol. The van der Waals surface area contributed by atoms with Crippen LogP contribution in [0.1, 0.15) is 30.9 Å². The number of benzene rings is 1. The quantitative estimate of drug-likeness (QED) is 0.349. The van der Waals surface area contributed by atoms with E-state index in [1.807, 2.05) is 6.20 Å². The fraction of sp³-hybridized carbons (Fsp3) is 0.500. The Balaban J connectivity index is 0.00000272. The van der Waals surface area contributed by atoms with Crippen LogP contribution in [-0.2, 0) is 13.1 Å². The topological polar surface area (TPSA) is 47.0 Å². The Labute approximate surface area is 203 Å². The first-order valence-electron chi connectivity index (χ1n) is 11.3. The largest absolute Gasteiger partial charge is 0.357 e. The van der Waals surface area contributed by atoms with Crippen LogP contribution in [0.3, 0.4) is 0 Å². The van der Waals surface area contributed by atoms with Gasteiger partial charge in [0, 0.05) is 58.6 Å². The van der Waals surface area contributed by atoms with Crippen molar-refractivity contribution in [2.75, 3.05) is 50.7 Å². The Morgan fingerprint density at radius 2 is 1.71 bits per heavy atom. The molecule has 0 unspecified atom stereocenters. The molecule has 2 aromatic rings. The molecule has 2 fully saturated rings. The van der Waals surface area contributed by atoms with Crippen LogP contribution in [0.2, 0.25) is 0 Å². The summed E-state index contributed by atoms with van der Waals surface area (Å²) in [7, 11) is 0. The molecule has 0 spiro atoms. The molecule has 0 aliphatic carbocycles. The van der Waals surface area contributed by atoms with Crippen molar-refractivity contribution in [3.63, 3.8) is 0 Å². The van der Waals surface area contributed by atoms with Gasteiger partial charge in [-0.1, -0.05) is 30.3 Å². The zero-order valence-electron chi connectivity index (χ0n) is 18.5. The molecule has 1 N–H and O–H groups in total. The molecule has 0 amide bonds. The van der Waals surface area contributed by atoms with E-state index in [0.717, 1.165) is 64.1 Å². The van der Waals surface area contributed by atoms with Crippen LogP contribution in [0.5, 0.6) is 0 Å². The number of anilines is 1. The second-order valence-corrected chi connectivity index (χ2v) is 8.14. The summed E-state index contributed by atoms with van der Waals surface area (Å²) in [6.07, 6.45) is 4.46. The minimum atomic E-state index is 0.